The lowest BCUT2D eigenvalue weighted by molar-refractivity contribution is 0.0447. The van der Waals surface area contributed by atoms with Gasteiger partial charge in [0.05, 0.1) is 5.69 Å². The van der Waals surface area contributed by atoms with E-state index in [0.29, 0.717) is 15.5 Å². The molecule has 0 radical (unpaired) electrons. The average molecular weight is 552 g/mol. The molecule has 0 saturated heterocycles. The second-order valence-electron chi connectivity index (χ2n) is 10.4. The molecule has 1 aliphatic heterocycles. The van der Waals surface area contributed by atoms with Crippen molar-refractivity contribution in [3.8, 4) is 0 Å². The van der Waals surface area contributed by atoms with E-state index < -0.39 is 5.60 Å². The number of amides is 2. The maximum atomic E-state index is 13.7. The van der Waals surface area contributed by atoms with Gasteiger partial charge in [-0.15, -0.1) is 0 Å². The fourth-order valence-electron chi connectivity index (χ4n) is 5.01. The third-order valence-electron chi connectivity index (χ3n) is 6.39. The number of nitrogens with one attached hydrogen (secondary N) is 1. The van der Waals surface area contributed by atoms with Crippen LogP contribution in [0.1, 0.15) is 94.1 Å². The summed E-state index contributed by atoms with van der Waals surface area (Å²) >= 11 is 9.72. The maximum absolute atomic E-state index is 13.7. The number of fused-ring (bicyclic) bond motifs is 1. The summed E-state index contributed by atoms with van der Waals surface area (Å²) < 4.78 is 8.18. The van der Waals surface area contributed by atoms with E-state index in [1.165, 1.54) is 0 Å². The number of carbonyl (C=O) groups is 2. The molecular weight excluding hydrogens is 520 g/mol. The number of ether oxygens (including phenoxy) is 1. The molecule has 2 aliphatic rings. The van der Waals surface area contributed by atoms with E-state index in [-0.39, 0.29) is 36.2 Å². The summed E-state index contributed by atoms with van der Waals surface area (Å²) in [4.78, 5) is 32.5. The fraction of sp³-hybridized carbons (Fsp3) is 0.560. The topological polar surface area (TPSA) is 76.5 Å². The van der Waals surface area contributed by atoms with Gasteiger partial charge in [-0.25, -0.2) is 9.78 Å². The quantitative estimate of drug-likeness (QED) is 0.486. The summed E-state index contributed by atoms with van der Waals surface area (Å²) in [5, 5.41) is 3.65. The highest BCUT2D eigenvalue weighted by Gasteiger charge is 2.47. The number of nitrogens with zero attached hydrogens (tertiary/aromatic N) is 3. The molecule has 0 bridgehead atoms. The standard InChI is InChI=1S/C25H32BrClN4O3/c1-14(2)30-21-19(29-23(30)26)22(32)31(20(21)15-6-8-16(27)9-7-15)18-12-10-17(11-13-18)28-24(33)34-25(3,4)5/h6-9,14,17-18,20H,10-13H2,1-5H3,(H,28,33). The summed E-state index contributed by atoms with van der Waals surface area (Å²) in [5.41, 5.74) is 1.91. The van der Waals surface area contributed by atoms with E-state index in [2.05, 4.69) is 44.6 Å². The van der Waals surface area contributed by atoms with E-state index in [0.717, 1.165) is 36.9 Å². The van der Waals surface area contributed by atoms with Crippen molar-refractivity contribution in [3.05, 3.63) is 51.0 Å². The highest BCUT2D eigenvalue weighted by molar-refractivity contribution is 9.10. The molecule has 1 fully saturated rings. The molecule has 1 atom stereocenters. The molecule has 9 heteroatoms. The molecule has 1 aromatic heterocycles. The number of aromatic nitrogens is 2. The molecular formula is C25H32BrClN4O3. The van der Waals surface area contributed by atoms with Crippen molar-refractivity contribution in [1.82, 2.24) is 19.8 Å². The van der Waals surface area contributed by atoms with Gasteiger partial charge >= 0.3 is 6.09 Å². The van der Waals surface area contributed by atoms with E-state index in [4.69, 9.17) is 16.3 Å². The second-order valence-corrected chi connectivity index (χ2v) is 11.5. The predicted molar refractivity (Wildman–Crippen MR) is 135 cm³/mol. The SMILES string of the molecule is CC(C)n1c(Br)nc2c1C(c1ccc(Cl)cc1)N(C1CCC(NC(=O)OC(C)(C)C)CC1)C2=O. The van der Waals surface area contributed by atoms with Crippen LogP contribution >= 0.6 is 27.5 Å². The van der Waals surface area contributed by atoms with Crippen molar-refractivity contribution in [2.45, 2.75) is 90.1 Å². The molecule has 4 rings (SSSR count). The van der Waals surface area contributed by atoms with E-state index in [9.17, 15) is 9.59 Å². The Morgan fingerprint density at radius 2 is 1.79 bits per heavy atom. The van der Waals surface area contributed by atoms with Crippen LogP contribution in [0.5, 0.6) is 0 Å². The van der Waals surface area contributed by atoms with Gasteiger partial charge in [-0.1, -0.05) is 23.7 Å². The molecule has 184 valence electrons. The molecule has 34 heavy (non-hydrogen) atoms. The summed E-state index contributed by atoms with van der Waals surface area (Å²) in [6.07, 6.45) is 2.77. The molecule has 1 N–H and O–H groups in total. The summed E-state index contributed by atoms with van der Waals surface area (Å²) in [6, 6.07) is 7.71. The number of rotatable bonds is 4. The third kappa shape index (κ3) is 4.98. The zero-order valence-electron chi connectivity index (χ0n) is 20.3. The molecule has 0 spiro atoms. The van der Waals surface area contributed by atoms with Gasteiger partial charge in [-0.2, -0.15) is 0 Å². The molecule has 1 aromatic carbocycles. The van der Waals surface area contributed by atoms with Gasteiger partial charge in [0.1, 0.15) is 11.6 Å². The minimum absolute atomic E-state index is 0.0388. The van der Waals surface area contributed by atoms with Crippen LogP contribution in [0.15, 0.2) is 29.0 Å². The van der Waals surface area contributed by atoms with Crippen LogP contribution in [0.3, 0.4) is 0 Å². The Morgan fingerprint density at radius 1 is 1.18 bits per heavy atom. The third-order valence-corrected chi connectivity index (χ3v) is 7.20. The Labute approximate surface area is 214 Å². The average Bonchev–Trinajstić information content (AvgIpc) is 3.21. The van der Waals surface area contributed by atoms with Crippen molar-refractivity contribution in [1.29, 1.82) is 0 Å². The van der Waals surface area contributed by atoms with Crippen LogP contribution < -0.4 is 5.32 Å². The second kappa shape index (κ2) is 9.53. The summed E-state index contributed by atoms with van der Waals surface area (Å²) in [6.45, 7) is 9.74. The number of carbonyl (C=O) groups excluding carboxylic acids is 2. The molecule has 2 aromatic rings. The van der Waals surface area contributed by atoms with Gasteiger partial charge in [-0.3, -0.25) is 4.79 Å². The van der Waals surface area contributed by atoms with Crippen molar-refractivity contribution in [2.75, 3.05) is 0 Å². The zero-order valence-corrected chi connectivity index (χ0v) is 22.6. The lowest BCUT2D eigenvalue weighted by atomic mass is 9.89. The van der Waals surface area contributed by atoms with Crippen LogP contribution in [0.2, 0.25) is 5.02 Å². The first kappa shape index (κ1) is 25.0. The van der Waals surface area contributed by atoms with Crippen molar-refractivity contribution >= 4 is 39.5 Å². The van der Waals surface area contributed by atoms with Gasteiger partial charge < -0.3 is 19.5 Å². The van der Waals surface area contributed by atoms with Crippen molar-refractivity contribution in [3.63, 3.8) is 0 Å². The molecule has 7 nitrogen and oxygen atoms in total. The zero-order chi connectivity index (χ0) is 24.8. The summed E-state index contributed by atoms with van der Waals surface area (Å²) in [5.74, 6) is -0.0430. The molecule has 2 heterocycles. The minimum Gasteiger partial charge on any atom is -0.444 e. The largest absolute Gasteiger partial charge is 0.444 e. The molecule has 2 amide bonds. The van der Waals surface area contributed by atoms with Gasteiger partial charge in [0.2, 0.25) is 0 Å². The van der Waals surface area contributed by atoms with Crippen LogP contribution in [0.25, 0.3) is 0 Å². The lowest BCUT2D eigenvalue weighted by Gasteiger charge is -2.39. The Bertz CT molecular complexity index is 1070. The van der Waals surface area contributed by atoms with Gasteiger partial charge in [0.25, 0.3) is 5.91 Å². The lowest BCUT2D eigenvalue weighted by Crippen LogP contribution is -2.46. The van der Waals surface area contributed by atoms with Crippen molar-refractivity contribution in [2.24, 2.45) is 0 Å². The van der Waals surface area contributed by atoms with Gasteiger partial charge in [-0.05, 0) is 93.9 Å². The number of imidazole rings is 1. The van der Waals surface area contributed by atoms with Gasteiger partial charge in [0.15, 0.2) is 10.4 Å². The van der Waals surface area contributed by atoms with E-state index in [1.807, 2.05) is 49.9 Å². The number of hydrogen-bond acceptors (Lipinski definition) is 4. The number of hydrogen-bond donors (Lipinski definition) is 1. The molecule has 1 aliphatic carbocycles. The smallest absolute Gasteiger partial charge is 0.407 e. The first-order chi connectivity index (χ1) is 16.0. The molecule has 1 saturated carbocycles. The number of alkyl carbamates (subject to hydrolysis) is 1. The molecule has 1 unspecified atom stereocenters. The Balaban J connectivity index is 1.58. The highest BCUT2D eigenvalue weighted by atomic mass is 79.9. The first-order valence-electron chi connectivity index (χ1n) is 11.8. The number of halogens is 2. The minimum atomic E-state index is -0.529. The first-order valence-corrected chi connectivity index (χ1v) is 13.0. The maximum Gasteiger partial charge on any atom is 0.407 e. The Hall–Kier alpha value is -2.06. The Morgan fingerprint density at radius 3 is 2.35 bits per heavy atom. The van der Waals surface area contributed by atoms with Gasteiger partial charge in [0, 0.05) is 23.1 Å². The van der Waals surface area contributed by atoms with Crippen LogP contribution in [-0.4, -0.2) is 44.1 Å². The van der Waals surface area contributed by atoms with Crippen LogP contribution in [0, 0.1) is 0 Å². The number of benzene rings is 1. The monoisotopic (exact) mass is 550 g/mol. The van der Waals surface area contributed by atoms with E-state index in [1.54, 1.807) is 0 Å². The van der Waals surface area contributed by atoms with Crippen LogP contribution in [-0.2, 0) is 4.74 Å². The predicted octanol–water partition coefficient (Wildman–Crippen LogP) is 6.26. The van der Waals surface area contributed by atoms with Crippen molar-refractivity contribution < 1.29 is 14.3 Å². The highest BCUT2D eigenvalue weighted by Crippen LogP contribution is 2.44. The Kier molecular flexibility index (Phi) is 7.02. The fourth-order valence-corrected chi connectivity index (χ4v) is 5.91. The van der Waals surface area contributed by atoms with E-state index >= 15 is 0 Å². The van der Waals surface area contributed by atoms with Crippen LogP contribution in [0.4, 0.5) is 4.79 Å². The normalized spacial score (nSPS) is 22.8. The summed E-state index contributed by atoms with van der Waals surface area (Å²) in [7, 11) is 0.